The second-order valence-corrected chi connectivity index (χ2v) is 7.26. The molecule has 0 amide bonds. The van der Waals surface area contributed by atoms with Gasteiger partial charge in [0.1, 0.15) is 0 Å². The van der Waals surface area contributed by atoms with E-state index < -0.39 is 0 Å². The SMILES string of the molecule is CCCCCCCCCCCCN(C)CCN(C)CCNCCO. The van der Waals surface area contributed by atoms with Crippen LogP contribution in [0, 0.1) is 0 Å². The third-order valence-corrected chi connectivity index (χ3v) is 4.72. The van der Waals surface area contributed by atoms with Crippen LogP contribution in [-0.4, -0.2) is 74.9 Å². The molecule has 0 atom stereocenters. The van der Waals surface area contributed by atoms with Crippen molar-refractivity contribution in [3.05, 3.63) is 0 Å². The number of nitrogens with zero attached hydrogens (tertiary/aromatic N) is 2. The van der Waals surface area contributed by atoms with Crippen molar-refractivity contribution in [2.75, 3.05) is 60.0 Å². The summed E-state index contributed by atoms with van der Waals surface area (Å²) in [6, 6.07) is 0. The second kappa shape index (κ2) is 19.2. The van der Waals surface area contributed by atoms with Crippen molar-refractivity contribution < 1.29 is 5.11 Å². The van der Waals surface area contributed by atoms with Crippen molar-refractivity contribution in [3.8, 4) is 0 Å². The van der Waals surface area contributed by atoms with E-state index in [-0.39, 0.29) is 6.61 Å². The minimum absolute atomic E-state index is 0.227. The van der Waals surface area contributed by atoms with Crippen molar-refractivity contribution in [2.24, 2.45) is 0 Å². The number of rotatable bonds is 19. The Balaban J connectivity index is 3.27. The first-order valence-corrected chi connectivity index (χ1v) is 10.4. The lowest BCUT2D eigenvalue weighted by molar-refractivity contribution is 0.248. The van der Waals surface area contributed by atoms with Gasteiger partial charge in [0.05, 0.1) is 6.61 Å². The Kier molecular flexibility index (Phi) is 19.0. The first-order chi connectivity index (χ1) is 11.7. The van der Waals surface area contributed by atoms with Crippen LogP contribution in [0.3, 0.4) is 0 Å². The first-order valence-electron chi connectivity index (χ1n) is 10.4. The number of nitrogens with one attached hydrogen (secondary N) is 1. The molecular formula is C20H45N3O. The van der Waals surface area contributed by atoms with E-state index >= 15 is 0 Å². The Labute approximate surface area is 152 Å². The smallest absolute Gasteiger partial charge is 0.0555 e. The molecule has 0 bridgehead atoms. The predicted molar refractivity (Wildman–Crippen MR) is 107 cm³/mol. The van der Waals surface area contributed by atoms with Gasteiger partial charge in [-0.15, -0.1) is 0 Å². The highest BCUT2D eigenvalue weighted by atomic mass is 16.3. The van der Waals surface area contributed by atoms with Crippen LogP contribution in [0.5, 0.6) is 0 Å². The molecule has 0 aromatic rings. The van der Waals surface area contributed by atoms with Crippen molar-refractivity contribution in [1.82, 2.24) is 15.1 Å². The lowest BCUT2D eigenvalue weighted by Gasteiger charge is -2.22. The molecule has 4 heteroatoms. The van der Waals surface area contributed by atoms with Crippen molar-refractivity contribution in [3.63, 3.8) is 0 Å². The number of aliphatic hydroxyl groups excluding tert-OH is 1. The molecular weight excluding hydrogens is 298 g/mol. The van der Waals surface area contributed by atoms with Gasteiger partial charge < -0.3 is 20.2 Å². The lowest BCUT2D eigenvalue weighted by Crippen LogP contribution is -2.35. The monoisotopic (exact) mass is 343 g/mol. The van der Waals surface area contributed by atoms with E-state index in [0.717, 1.165) is 26.2 Å². The van der Waals surface area contributed by atoms with E-state index in [1.807, 2.05) is 0 Å². The quantitative estimate of drug-likeness (QED) is 0.353. The van der Waals surface area contributed by atoms with Gasteiger partial charge in [-0.1, -0.05) is 64.7 Å². The van der Waals surface area contributed by atoms with Crippen LogP contribution in [0.2, 0.25) is 0 Å². The molecule has 0 aromatic carbocycles. The summed E-state index contributed by atoms with van der Waals surface area (Å²) in [4.78, 5) is 4.82. The first kappa shape index (κ1) is 23.8. The van der Waals surface area contributed by atoms with Crippen molar-refractivity contribution in [2.45, 2.75) is 71.1 Å². The Bertz CT molecular complexity index is 239. The number of unbranched alkanes of at least 4 members (excludes halogenated alkanes) is 9. The second-order valence-electron chi connectivity index (χ2n) is 7.26. The molecule has 2 N–H and O–H groups in total. The Morgan fingerprint density at radius 2 is 1.12 bits per heavy atom. The standard InChI is InChI=1S/C20H45N3O/c1-4-5-6-7-8-9-10-11-12-13-16-22(2)18-19-23(3)17-14-21-15-20-24/h21,24H,4-20H2,1-3H3. The molecule has 0 unspecified atom stereocenters. The molecule has 0 rings (SSSR count). The fourth-order valence-electron chi connectivity index (χ4n) is 2.91. The van der Waals surface area contributed by atoms with Gasteiger partial charge in [-0.25, -0.2) is 0 Å². The van der Waals surface area contributed by atoms with E-state index in [4.69, 9.17) is 5.11 Å². The highest BCUT2D eigenvalue weighted by Crippen LogP contribution is 2.10. The van der Waals surface area contributed by atoms with Crippen LogP contribution < -0.4 is 5.32 Å². The minimum atomic E-state index is 0.227. The van der Waals surface area contributed by atoms with Crippen LogP contribution in [0.4, 0.5) is 0 Å². The summed E-state index contributed by atoms with van der Waals surface area (Å²) in [5.41, 5.74) is 0. The molecule has 24 heavy (non-hydrogen) atoms. The number of hydrogen-bond donors (Lipinski definition) is 2. The minimum Gasteiger partial charge on any atom is -0.395 e. The van der Waals surface area contributed by atoms with Gasteiger partial charge in [0.2, 0.25) is 0 Å². The molecule has 0 fully saturated rings. The molecule has 0 radical (unpaired) electrons. The third-order valence-electron chi connectivity index (χ3n) is 4.72. The van der Waals surface area contributed by atoms with E-state index in [9.17, 15) is 0 Å². The summed E-state index contributed by atoms with van der Waals surface area (Å²) in [6.45, 7) is 8.71. The van der Waals surface area contributed by atoms with Crippen LogP contribution in [0.1, 0.15) is 71.1 Å². The van der Waals surface area contributed by atoms with Gasteiger partial charge in [-0.3, -0.25) is 0 Å². The molecule has 4 nitrogen and oxygen atoms in total. The topological polar surface area (TPSA) is 38.7 Å². The van der Waals surface area contributed by atoms with Crippen molar-refractivity contribution >= 4 is 0 Å². The van der Waals surface area contributed by atoms with Gasteiger partial charge in [0, 0.05) is 32.7 Å². The Morgan fingerprint density at radius 1 is 0.625 bits per heavy atom. The summed E-state index contributed by atoms with van der Waals surface area (Å²) < 4.78 is 0. The fourth-order valence-corrected chi connectivity index (χ4v) is 2.91. The Hall–Kier alpha value is -0.160. The zero-order valence-corrected chi connectivity index (χ0v) is 16.9. The van der Waals surface area contributed by atoms with Gasteiger partial charge in [-0.2, -0.15) is 0 Å². The number of hydrogen-bond acceptors (Lipinski definition) is 4. The summed E-state index contributed by atoms with van der Waals surface area (Å²) in [6.07, 6.45) is 14.1. The van der Waals surface area contributed by atoms with Gasteiger partial charge in [0.15, 0.2) is 0 Å². The van der Waals surface area contributed by atoms with Crippen molar-refractivity contribution in [1.29, 1.82) is 0 Å². The molecule has 0 saturated carbocycles. The highest BCUT2D eigenvalue weighted by molar-refractivity contribution is 4.59. The Morgan fingerprint density at radius 3 is 1.67 bits per heavy atom. The highest BCUT2D eigenvalue weighted by Gasteiger charge is 2.02. The summed E-state index contributed by atoms with van der Waals surface area (Å²) in [5.74, 6) is 0. The van der Waals surface area contributed by atoms with E-state index in [2.05, 4.69) is 36.1 Å². The van der Waals surface area contributed by atoms with E-state index in [1.54, 1.807) is 0 Å². The summed E-state index contributed by atoms with van der Waals surface area (Å²) >= 11 is 0. The van der Waals surface area contributed by atoms with E-state index in [1.165, 1.54) is 70.8 Å². The normalized spacial score (nSPS) is 11.8. The van der Waals surface area contributed by atoms with Crippen LogP contribution in [-0.2, 0) is 0 Å². The molecule has 0 heterocycles. The maximum atomic E-state index is 8.72. The molecule has 146 valence electrons. The molecule has 0 aliphatic rings. The molecule has 0 aliphatic carbocycles. The maximum Gasteiger partial charge on any atom is 0.0555 e. The van der Waals surface area contributed by atoms with Crippen LogP contribution in [0.25, 0.3) is 0 Å². The molecule has 0 aliphatic heterocycles. The van der Waals surface area contributed by atoms with Crippen LogP contribution >= 0.6 is 0 Å². The third kappa shape index (κ3) is 18.2. The number of aliphatic hydroxyl groups is 1. The largest absolute Gasteiger partial charge is 0.395 e. The molecule has 0 spiro atoms. The van der Waals surface area contributed by atoms with Gasteiger partial charge in [0.25, 0.3) is 0 Å². The zero-order chi connectivity index (χ0) is 17.9. The maximum absolute atomic E-state index is 8.72. The molecule has 0 saturated heterocycles. The lowest BCUT2D eigenvalue weighted by atomic mass is 10.1. The van der Waals surface area contributed by atoms with Gasteiger partial charge >= 0.3 is 0 Å². The summed E-state index contributed by atoms with van der Waals surface area (Å²) in [7, 11) is 4.42. The van der Waals surface area contributed by atoms with E-state index in [0.29, 0.717) is 6.54 Å². The van der Waals surface area contributed by atoms with Crippen LogP contribution in [0.15, 0.2) is 0 Å². The average molecular weight is 344 g/mol. The zero-order valence-electron chi connectivity index (χ0n) is 16.9. The predicted octanol–water partition coefficient (Wildman–Crippen LogP) is 3.35. The summed E-state index contributed by atoms with van der Waals surface area (Å²) in [5, 5.41) is 11.9. The average Bonchev–Trinajstić information content (AvgIpc) is 2.58. The van der Waals surface area contributed by atoms with Gasteiger partial charge in [-0.05, 0) is 27.1 Å². The molecule has 0 aromatic heterocycles. The number of likely N-dealkylation sites (N-methyl/N-ethyl adjacent to an activating group) is 2. The fraction of sp³-hybridized carbons (Fsp3) is 1.00.